The van der Waals surface area contributed by atoms with Gasteiger partial charge in [0.05, 0.1) is 11.2 Å². The maximum Gasteiger partial charge on any atom is 0.251 e. The van der Waals surface area contributed by atoms with Crippen molar-refractivity contribution < 1.29 is 8.78 Å². The highest BCUT2D eigenvalue weighted by atomic mass is 35.5. The number of hydrogen-bond acceptors (Lipinski definition) is 3. The zero-order chi connectivity index (χ0) is 13.5. The molecule has 0 spiro atoms. The topological polar surface area (TPSA) is 29.0 Å². The molecule has 0 N–H and O–H groups in total. The zero-order valence-corrected chi connectivity index (χ0v) is 10.9. The summed E-state index contributed by atoms with van der Waals surface area (Å²) in [7, 11) is 0. The van der Waals surface area contributed by atoms with Gasteiger partial charge in [0.15, 0.2) is 0 Å². The summed E-state index contributed by atoms with van der Waals surface area (Å²) in [6, 6.07) is 5.29. The maximum absolute atomic E-state index is 13.2. The Morgan fingerprint density at radius 2 is 2.00 bits per heavy atom. The smallest absolute Gasteiger partial charge is 0.251 e. The van der Waals surface area contributed by atoms with Crippen LogP contribution in [0.2, 0.25) is 5.15 Å². The lowest BCUT2D eigenvalue weighted by atomic mass is 10.1. The second-order valence-electron chi connectivity index (χ2n) is 4.68. The Kier molecular flexibility index (Phi) is 3.01. The molecule has 0 bridgehead atoms. The Labute approximate surface area is 114 Å². The first-order chi connectivity index (χ1) is 9.05. The number of aromatic nitrogens is 2. The van der Waals surface area contributed by atoms with Crippen molar-refractivity contribution in [1.82, 2.24) is 9.97 Å². The lowest BCUT2D eigenvalue weighted by Crippen LogP contribution is -2.39. The monoisotopic (exact) mass is 283 g/mol. The molecule has 19 heavy (non-hydrogen) atoms. The van der Waals surface area contributed by atoms with Crippen LogP contribution in [0.1, 0.15) is 12.8 Å². The van der Waals surface area contributed by atoms with Crippen LogP contribution < -0.4 is 4.90 Å². The normalized spacial score (nSPS) is 18.8. The number of alkyl halides is 2. The number of fused-ring (bicyclic) bond motifs is 1. The van der Waals surface area contributed by atoms with E-state index in [0.29, 0.717) is 29.3 Å². The quantitative estimate of drug-likeness (QED) is 0.750. The van der Waals surface area contributed by atoms with Crippen LogP contribution >= 0.6 is 11.6 Å². The first kappa shape index (κ1) is 12.5. The summed E-state index contributed by atoms with van der Waals surface area (Å²) >= 11 is 5.99. The standard InChI is InChI=1S/C13H12ClF2N3/c14-11-8-10(12-9(18-11)2-1-5-17-12)19-6-3-13(15,16)4-7-19/h1-2,5,8H,3-4,6-7H2. The van der Waals surface area contributed by atoms with Crippen LogP contribution in [-0.2, 0) is 0 Å². The molecule has 6 heteroatoms. The van der Waals surface area contributed by atoms with E-state index in [1.54, 1.807) is 18.3 Å². The Balaban J connectivity index is 2.01. The predicted octanol–water partition coefficient (Wildman–Crippen LogP) is 3.52. The first-order valence-electron chi connectivity index (χ1n) is 6.09. The molecule has 0 amide bonds. The van der Waals surface area contributed by atoms with Crippen LogP contribution in [0.5, 0.6) is 0 Å². The van der Waals surface area contributed by atoms with E-state index < -0.39 is 5.92 Å². The van der Waals surface area contributed by atoms with Crippen molar-refractivity contribution in [3.8, 4) is 0 Å². The van der Waals surface area contributed by atoms with E-state index in [1.807, 2.05) is 11.0 Å². The van der Waals surface area contributed by atoms with Gasteiger partial charge < -0.3 is 4.90 Å². The maximum atomic E-state index is 13.2. The van der Waals surface area contributed by atoms with Gasteiger partial charge in [0, 0.05) is 38.2 Å². The summed E-state index contributed by atoms with van der Waals surface area (Å²) in [6.07, 6.45) is 1.39. The third-order valence-corrected chi connectivity index (χ3v) is 3.54. The van der Waals surface area contributed by atoms with Gasteiger partial charge in [-0.25, -0.2) is 13.8 Å². The number of nitrogens with zero attached hydrogens (tertiary/aromatic N) is 3. The van der Waals surface area contributed by atoms with Crippen molar-refractivity contribution in [3.63, 3.8) is 0 Å². The van der Waals surface area contributed by atoms with Crippen molar-refractivity contribution in [3.05, 3.63) is 29.5 Å². The van der Waals surface area contributed by atoms with Gasteiger partial charge in [-0.15, -0.1) is 0 Å². The zero-order valence-electron chi connectivity index (χ0n) is 10.1. The molecule has 3 rings (SSSR count). The number of halogens is 3. The highest BCUT2D eigenvalue weighted by Crippen LogP contribution is 2.33. The van der Waals surface area contributed by atoms with Crippen LogP contribution in [0.4, 0.5) is 14.5 Å². The molecule has 0 unspecified atom stereocenters. The third kappa shape index (κ3) is 2.47. The van der Waals surface area contributed by atoms with E-state index in [4.69, 9.17) is 11.6 Å². The lowest BCUT2D eigenvalue weighted by molar-refractivity contribution is -0.0220. The van der Waals surface area contributed by atoms with Crippen molar-refractivity contribution >= 4 is 28.3 Å². The summed E-state index contributed by atoms with van der Waals surface area (Å²) < 4.78 is 26.4. The van der Waals surface area contributed by atoms with Crippen LogP contribution in [0, 0.1) is 0 Å². The molecule has 0 aromatic carbocycles. The summed E-state index contributed by atoms with van der Waals surface area (Å²) in [5, 5.41) is 0.354. The highest BCUT2D eigenvalue weighted by molar-refractivity contribution is 6.30. The van der Waals surface area contributed by atoms with Crippen molar-refractivity contribution in [2.45, 2.75) is 18.8 Å². The molecule has 3 heterocycles. The third-order valence-electron chi connectivity index (χ3n) is 3.35. The fourth-order valence-corrected chi connectivity index (χ4v) is 2.52. The predicted molar refractivity (Wildman–Crippen MR) is 70.9 cm³/mol. The van der Waals surface area contributed by atoms with Gasteiger partial charge in [-0.1, -0.05) is 11.6 Å². The second kappa shape index (κ2) is 4.56. The number of piperidine rings is 1. The van der Waals surface area contributed by atoms with Gasteiger partial charge in [-0.3, -0.25) is 4.98 Å². The van der Waals surface area contributed by atoms with E-state index in [1.165, 1.54) is 0 Å². The van der Waals surface area contributed by atoms with Gasteiger partial charge >= 0.3 is 0 Å². The number of hydrogen-bond donors (Lipinski definition) is 0. The molecule has 2 aromatic heterocycles. The molecule has 1 aliphatic heterocycles. The van der Waals surface area contributed by atoms with E-state index >= 15 is 0 Å². The molecular formula is C13H12ClF2N3. The van der Waals surface area contributed by atoms with Crippen molar-refractivity contribution in [1.29, 1.82) is 0 Å². The summed E-state index contributed by atoms with van der Waals surface area (Å²) in [6.45, 7) is 0.609. The average Bonchev–Trinajstić information content (AvgIpc) is 2.38. The Morgan fingerprint density at radius 1 is 1.26 bits per heavy atom. The van der Waals surface area contributed by atoms with Crippen LogP contribution in [0.3, 0.4) is 0 Å². The van der Waals surface area contributed by atoms with Gasteiger partial charge in [0.2, 0.25) is 0 Å². The Bertz CT molecular complexity index is 608. The number of anilines is 1. The van der Waals surface area contributed by atoms with Crippen LogP contribution in [-0.4, -0.2) is 29.0 Å². The lowest BCUT2D eigenvalue weighted by Gasteiger charge is -2.33. The van der Waals surface area contributed by atoms with E-state index in [0.717, 1.165) is 5.69 Å². The summed E-state index contributed by atoms with van der Waals surface area (Å²) in [5.41, 5.74) is 2.17. The fraction of sp³-hybridized carbons (Fsp3) is 0.385. The van der Waals surface area contributed by atoms with Gasteiger partial charge in [-0.05, 0) is 12.1 Å². The fourth-order valence-electron chi connectivity index (χ4n) is 2.33. The molecule has 1 aliphatic rings. The average molecular weight is 284 g/mol. The Hall–Kier alpha value is -1.49. The SMILES string of the molecule is FC1(F)CCN(c2cc(Cl)nc3cccnc23)CC1. The number of pyridine rings is 2. The minimum absolute atomic E-state index is 0.138. The van der Waals surface area contributed by atoms with Gasteiger partial charge in [0.1, 0.15) is 10.7 Å². The molecule has 0 atom stereocenters. The molecule has 2 aromatic rings. The molecule has 0 saturated carbocycles. The van der Waals surface area contributed by atoms with Crippen LogP contribution in [0.25, 0.3) is 11.0 Å². The highest BCUT2D eigenvalue weighted by Gasteiger charge is 2.34. The molecule has 3 nitrogen and oxygen atoms in total. The molecule has 0 radical (unpaired) electrons. The molecular weight excluding hydrogens is 272 g/mol. The minimum Gasteiger partial charge on any atom is -0.369 e. The summed E-state index contributed by atoms with van der Waals surface area (Å²) in [5.74, 6) is -2.56. The Morgan fingerprint density at radius 3 is 2.74 bits per heavy atom. The summed E-state index contributed by atoms with van der Waals surface area (Å²) in [4.78, 5) is 10.4. The first-order valence-corrected chi connectivity index (χ1v) is 6.47. The second-order valence-corrected chi connectivity index (χ2v) is 5.07. The van der Waals surface area contributed by atoms with Gasteiger partial charge in [0.25, 0.3) is 5.92 Å². The van der Waals surface area contributed by atoms with Crippen molar-refractivity contribution in [2.24, 2.45) is 0 Å². The molecule has 100 valence electrons. The van der Waals surface area contributed by atoms with E-state index in [2.05, 4.69) is 9.97 Å². The molecule has 0 aliphatic carbocycles. The number of rotatable bonds is 1. The molecule has 1 fully saturated rings. The molecule has 1 saturated heterocycles. The van der Waals surface area contributed by atoms with Crippen LogP contribution in [0.15, 0.2) is 24.4 Å². The largest absolute Gasteiger partial charge is 0.369 e. The minimum atomic E-state index is -2.56. The van der Waals surface area contributed by atoms with Gasteiger partial charge in [-0.2, -0.15) is 0 Å². The van der Waals surface area contributed by atoms with Crippen molar-refractivity contribution in [2.75, 3.05) is 18.0 Å². The van der Waals surface area contributed by atoms with E-state index in [-0.39, 0.29) is 12.8 Å². The van der Waals surface area contributed by atoms with E-state index in [9.17, 15) is 8.78 Å².